The van der Waals surface area contributed by atoms with Crippen molar-refractivity contribution >= 4 is 11.6 Å². The van der Waals surface area contributed by atoms with Gasteiger partial charge in [0.25, 0.3) is 5.91 Å². The second-order valence-corrected chi connectivity index (χ2v) is 6.05. The summed E-state index contributed by atoms with van der Waals surface area (Å²) in [5.74, 6) is 2.34. The first-order chi connectivity index (χ1) is 12.7. The molecule has 0 aromatic heterocycles. The highest BCUT2D eigenvalue weighted by Gasteiger charge is 2.24. The van der Waals surface area contributed by atoms with E-state index in [4.69, 9.17) is 14.2 Å². The molecule has 0 aliphatic carbocycles. The van der Waals surface area contributed by atoms with Gasteiger partial charge in [-0.15, -0.1) is 0 Å². The van der Waals surface area contributed by atoms with E-state index in [-0.39, 0.29) is 5.91 Å². The van der Waals surface area contributed by atoms with Crippen molar-refractivity contribution < 1.29 is 19.0 Å². The average molecular weight is 356 g/mol. The van der Waals surface area contributed by atoms with Crippen molar-refractivity contribution in [3.63, 3.8) is 0 Å². The summed E-state index contributed by atoms with van der Waals surface area (Å²) in [5.41, 5.74) is 1.70. The minimum Gasteiger partial charge on any atom is -0.497 e. The number of carbonyl (C=O) groups is 1. The minimum absolute atomic E-state index is 0.0500. The molecular weight excluding hydrogens is 332 g/mol. The van der Waals surface area contributed by atoms with Crippen LogP contribution in [0.1, 0.15) is 10.4 Å². The van der Waals surface area contributed by atoms with E-state index in [0.717, 1.165) is 36.0 Å². The van der Waals surface area contributed by atoms with Gasteiger partial charge in [0.2, 0.25) is 0 Å². The van der Waals surface area contributed by atoms with Crippen molar-refractivity contribution in [1.29, 1.82) is 0 Å². The van der Waals surface area contributed by atoms with Gasteiger partial charge in [-0.3, -0.25) is 4.79 Å². The summed E-state index contributed by atoms with van der Waals surface area (Å²) in [4.78, 5) is 16.8. The lowest BCUT2D eigenvalue weighted by atomic mass is 10.1. The van der Waals surface area contributed by atoms with Gasteiger partial charge < -0.3 is 24.0 Å². The maximum Gasteiger partial charge on any atom is 0.253 e. The molecule has 6 nitrogen and oxygen atoms in total. The van der Waals surface area contributed by atoms with E-state index in [9.17, 15) is 4.79 Å². The monoisotopic (exact) mass is 356 g/mol. The number of benzene rings is 2. The summed E-state index contributed by atoms with van der Waals surface area (Å²) in [5, 5.41) is 0. The number of ether oxygens (including phenoxy) is 3. The van der Waals surface area contributed by atoms with Crippen LogP contribution in [-0.4, -0.2) is 58.3 Å². The summed E-state index contributed by atoms with van der Waals surface area (Å²) in [7, 11) is 4.91. The number of hydrogen-bond donors (Lipinski definition) is 0. The predicted molar refractivity (Wildman–Crippen MR) is 101 cm³/mol. The zero-order valence-electron chi connectivity index (χ0n) is 15.4. The van der Waals surface area contributed by atoms with E-state index < -0.39 is 0 Å². The van der Waals surface area contributed by atoms with Gasteiger partial charge in [0, 0.05) is 37.8 Å². The normalized spacial score (nSPS) is 14.1. The molecule has 1 heterocycles. The van der Waals surface area contributed by atoms with Crippen LogP contribution in [0.3, 0.4) is 0 Å². The molecule has 1 aliphatic rings. The number of nitrogens with zero attached hydrogens (tertiary/aromatic N) is 2. The predicted octanol–water partition coefficient (Wildman–Crippen LogP) is 2.67. The van der Waals surface area contributed by atoms with Gasteiger partial charge in [-0.25, -0.2) is 0 Å². The second-order valence-electron chi connectivity index (χ2n) is 6.05. The molecule has 0 unspecified atom stereocenters. The first-order valence-corrected chi connectivity index (χ1v) is 8.56. The fraction of sp³-hybridized carbons (Fsp3) is 0.350. The van der Waals surface area contributed by atoms with Crippen LogP contribution < -0.4 is 19.1 Å². The van der Waals surface area contributed by atoms with Crippen LogP contribution in [0.4, 0.5) is 5.69 Å². The highest BCUT2D eigenvalue weighted by molar-refractivity contribution is 5.94. The van der Waals surface area contributed by atoms with Crippen molar-refractivity contribution in [2.75, 3.05) is 52.4 Å². The highest BCUT2D eigenvalue weighted by Crippen LogP contribution is 2.32. The van der Waals surface area contributed by atoms with Gasteiger partial charge in [0.1, 0.15) is 17.2 Å². The van der Waals surface area contributed by atoms with Crippen molar-refractivity contribution in [1.82, 2.24) is 4.90 Å². The standard InChI is InChI=1S/C20H24N2O4/c1-24-16-6-4-15(5-7-16)20(23)22-12-10-21(11-13-22)18-9-8-17(25-2)14-19(18)26-3/h4-9,14H,10-13H2,1-3H3. The molecule has 0 N–H and O–H groups in total. The van der Waals surface area contributed by atoms with E-state index in [1.54, 1.807) is 33.5 Å². The van der Waals surface area contributed by atoms with E-state index in [0.29, 0.717) is 18.7 Å². The van der Waals surface area contributed by atoms with Crippen LogP contribution in [-0.2, 0) is 0 Å². The van der Waals surface area contributed by atoms with Gasteiger partial charge in [0.05, 0.1) is 27.0 Å². The second kappa shape index (κ2) is 7.99. The number of carbonyl (C=O) groups excluding carboxylic acids is 1. The van der Waals surface area contributed by atoms with E-state index in [1.807, 2.05) is 35.2 Å². The van der Waals surface area contributed by atoms with E-state index >= 15 is 0 Å². The highest BCUT2D eigenvalue weighted by atomic mass is 16.5. The maximum absolute atomic E-state index is 12.7. The molecule has 0 spiro atoms. The largest absolute Gasteiger partial charge is 0.497 e. The fourth-order valence-corrected chi connectivity index (χ4v) is 3.11. The van der Waals surface area contributed by atoms with Crippen molar-refractivity contribution in [3.8, 4) is 17.2 Å². The zero-order chi connectivity index (χ0) is 18.5. The smallest absolute Gasteiger partial charge is 0.253 e. The van der Waals surface area contributed by atoms with Gasteiger partial charge in [-0.05, 0) is 36.4 Å². The van der Waals surface area contributed by atoms with Crippen molar-refractivity contribution in [2.24, 2.45) is 0 Å². The number of rotatable bonds is 5. The summed E-state index contributed by atoms with van der Waals surface area (Å²) in [6.45, 7) is 2.84. The number of anilines is 1. The zero-order valence-corrected chi connectivity index (χ0v) is 15.4. The lowest BCUT2D eigenvalue weighted by molar-refractivity contribution is 0.0746. The van der Waals surface area contributed by atoms with Crippen LogP contribution in [0.15, 0.2) is 42.5 Å². The van der Waals surface area contributed by atoms with Crippen LogP contribution in [0.25, 0.3) is 0 Å². The Morgan fingerprint density at radius 2 is 1.42 bits per heavy atom. The molecule has 0 bridgehead atoms. The molecule has 1 aliphatic heterocycles. The molecule has 2 aromatic rings. The van der Waals surface area contributed by atoms with Crippen LogP contribution in [0, 0.1) is 0 Å². The summed E-state index contributed by atoms with van der Waals surface area (Å²) < 4.78 is 15.9. The third kappa shape index (κ3) is 3.69. The number of hydrogen-bond acceptors (Lipinski definition) is 5. The molecule has 3 rings (SSSR count). The van der Waals surface area contributed by atoms with Gasteiger partial charge in [0.15, 0.2) is 0 Å². The molecule has 6 heteroatoms. The summed E-state index contributed by atoms with van der Waals surface area (Å²) in [6, 6.07) is 13.0. The first kappa shape index (κ1) is 17.9. The Balaban J connectivity index is 1.66. The van der Waals surface area contributed by atoms with Crippen LogP contribution >= 0.6 is 0 Å². The molecule has 138 valence electrons. The Kier molecular flexibility index (Phi) is 5.51. The fourth-order valence-electron chi connectivity index (χ4n) is 3.11. The van der Waals surface area contributed by atoms with E-state index in [1.165, 1.54) is 0 Å². The van der Waals surface area contributed by atoms with Gasteiger partial charge in [-0.1, -0.05) is 0 Å². The molecule has 0 atom stereocenters. The Bertz CT molecular complexity index is 753. The third-order valence-electron chi connectivity index (χ3n) is 4.63. The Morgan fingerprint density at radius 1 is 0.808 bits per heavy atom. The van der Waals surface area contributed by atoms with Gasteiger partial charge >= 0.3 is 0 Å². The molecule has 1 saturated heterocycles. The topological polar surface area (TPSA) is 51.2 Å². The van der Waals surface area contributed by atoms with E-state index in [2.05, 4.69) is 4.90 Å². The van der Waals surface area contributed by atoms with Crippen LogP contribution in [0.5, 0.6) is 17.2 Å². The maximum atomic E-state index is 12.7. The minimum atomic E-state index is 0.0500. The quantitative estimate of drug-likeness (QED) is 0.824. The van der Waals surface area contributed by atoms with Crippen molar-refractivity contribution in [3.05, 3.63) is 48.0 Å². The lowest BCUT2D eigenvalue weighted by Gasteiger charge is -2.36. The molecular formula is C20H24N2O4. The van der Waals surface area contributed by atoms with Gasteiger partial charge in [-0.2, -0.15) is 0 Å². The molecule has 0 radical (unpaired) electrons. The Hall–Kier alpha value is -2.89. The molecule has 26 heavy (non-hydrogen) atoms. The van der Waals surface area contributed by atoms with Crippen molar-refractivity contribution in [2.45, 2.75) is 0 Å². The molecule has 0 saturated carbocycles. The Morgan fingerprint density at radius 3 is 2.00 bits per heavy atom. The third-order valence-corrected chi connectivity index (χ3v) is 4.63. The molecule has 1 fully saturated rings. The lowest BCUT2D eigenvalue weighted by Crippen LogP contribution is -2.48. The molecule has 2 aromatic carbocycles. The summed E-state index contributed by atoms with van der Waals surface area (Å²) >= 11 is 0. The molecule has 1 amide bonds. The average Bonchev–Trinajstić information content (AvgIpc) is 2.73. The number of piperazine rings is 1. The number of amides is 1. The Labute approximate surface area is 153 Å². The van der Waals surface area contributed by atoms with Crippen LogP contribution in [0.2, 0.25) is 0 Å². The first-order valence-electron chi connectivity index (χ1n) is 8.56. The SMILES string of the molecule is COc1ccc(C(=O)N2CCN(c3ccc(OC)cc3OC)CC2)cc1. The summed E-state index contributed by atoms with van der Waals surface area (Å²) in [6.07, 6.45) is 0. The number of methoxy groups -OCH3 is 3.